The Balaban J connectivity index is 2.06. The maximum atomic E-state index is 13.8. The molecule has 0 aromatic heterocycles. The number of hydrogen-bond acceptors (Lipinski definition) is 2. The second-order valence-corrected chi connectivity index (χ2v) is 5.27. The van der Waals surface area contributed by atoms with Crippen LogP contribution in [0.1, 0.15) is 26.7 Å². The van der Waals surface area contributed by atoms with Crippen LogP contribution in [0.25, 0.3) is 0 Å². The Bertz CT molecular complexity index is 613. The molecular formula is C16H20FN3O2. The fourth-order valence-electron chi connectivity index (χ4n) is 2.10. The summed E-state index contributed by atoms with van der Waals surface area (Å²) >= 11 is 0. The second-order valence-electron chi connectivity index (χ2n) is 5.27. The summed E-state index contributed by atoms with van der Waals surface area (Å²) in [4.78, 5) is 25.1. The van der Waals surface area contributed by atoms with E-state index in [9.17, 15) is 14.0 Å². The van der Waals surface area contributed by atoms with Crippen molar-refractivity contribution in [1.82, 2.24) is 4.90 Å². The van der Waals surface area contributed by atoms with Gasteiger partial charge in [-0.15, -0.1) is 0 Å². The van der Waals surface area contributed by atoms with Crippen LogP contribution in [0, 0.1) is 5.82 Å². The van der Waals surface area contributed by atoms with E-state index in [1.54, 1.807) is 11.8 Å². The summed E-state index contributed by atoms with van der Waals surface area (Å²) in [5.74, 6) is -0.702. The lowest BCUT2D eigenvalue weighted by atomic mass is 10.1. The van der Waals surface area contributed by atoms with Crippen LogP contribution in [0.5, 0.6) is 0 Å². The maximum absolute atomic E-state index is 13.8. The zero-order chi connectivity index (χ0) is 16.1. The molecule has 0 radical (unpaired) electrons. The van der Waals surface area contributed by atoms with E-state index >= 15 is 0 Å². The van der Waals surface area contributed by atoms with Crippen LogP contribution in [0.15, 0.2) is 29.8 Å². The number of amides is 3. The second kappa shape index (κ2) is 7.06. The van der Waals surface area contributed by atoms with Crippen LogP contribution in [0.2, 0.25) is 0 Å². The van der Waals surface area contributed by atoms with Gasteiger partial charge < -0.3 is 15.5 Å². The number of urea groups is 1. The van der Waals surface area contributed by atoms with Crippen molar-refractivity contribution < 1.29 is 14.0 Å². The normalized spacial score (nSPS) is 14.3. The van der Waals surface area contributed by atoms with Gasteiger partial charge in [0.1, 0.15) is 5.82 Å². The average Bonchev–Trinajstić information content (AvgIpc) is 2.51. The van der Waals surface area contributed by atoms with E-state index < -0.39 is 5.82 Å². The van der Waals surface area contributed by atoms with Gasteiger partial charge in [0.2, 0.25) is 5.91 Å². The molecule has 0 fully saturated rings. The molecule has 2 N–H and O–H groups in total. The van der Waals surface area contributed by atoms with E-state index in [1.165, 1.54) is 23.8 Å². The van der Waals surface area contributed by atoms with Gasteiger partial charge in [0.25, 0.3) is 0 Å². The molecule has 0 unspecified atom stereocenters. The number of nitrogens with zero attached hydrogens (tertiary/aromatic N) is 1. The smallest absolute Gasteiger partial charge is 0.322 e. The molecule has 3 amide bonds. The highest BCUT2D eigenvalue weighted by molar-refractivity contribution is 5.93. The molecule has 1 aromatic rings. The molecular weight excluding hydrogens is 285 g/mol. The minimum Gasteiger partial charge on any atom is -0.326 e. The van der Waals surface area contributed by atoms with Crippen molar-refractivity contribution in [3.8, 4) is 0 Å². The number of hydrogen-bond donors (Lipinski definition) is 2. The third-order valence-electron chi connectivity index (χ3n) is 3.54. The largest absolute Gasteiger partial charge is 0.326 e. The third kappa shape index (κ3) is 4.07. The Labute approximate surface area is 129 Å². The van der Waals surface area contributed by atoms with E-state index in [2.05, 4.69) is 10.6 Å². The summed E-state index contributed by atoms with van der Waals surface area (Å²) in [6, 6.07) is 3.76. The predicted molar refractivity (Wildman–Crippen MR) is 84.3 cm³/mol. The Morgan fingerprint density at radius 3 is 2.73 bits per heavy atom. The molecule has 2 rings (SSSR count). The first kappa shape index (κ1) is 16.0. The number of halogens is 1. The molecule has 1 aliphatic rings. The molecule has 6 heteroatoms. The van der Waals surface area contributed by atoms with E-state index in [0.29, 0.717) is 25.2 Å². The fourth-order valence-corrected chi connectivity index (χ4v) is 2.10. The molecule has 0 aliphatic carbocycles. The molecule has 0 bridgehead atoms. The van der Waals surface area contributed by atoms with Crippen molar-refractivity contribution in [3.63, 3.8) is 0 Å². The molecule has 118 valence electrons. The van der Waals surface area contributed by atoms with Crippen LogP contribution >= 0.6 is 0 Å². The van der Waals surface area contributed by atoms with Crippen molar-refractivity contribution in [3.05, 3.63) is 35.7 Å². The Morgan fingerprint density at radius 1 is 1.32 bits per heavy atom. The third-order valence-corrected chi connectivity index (χ3v) is 3.54. The zero-order valence-corrected chi connectivity index (χ0v) is 12.8. The first-order chi connectivity index (χ1) is 10.5. The van der Waals surface area contributed by atoms with Crippen molar-refractivity contribution in [2.45, 2.75) is 26.7 Å². The lowest BCUT2D eigenvalue weighted by molar-refractivity contribution is -0.115. The predicted octanol–water partition coefficient (Wildman–Crippen LogP) is 3.36. The number of carbonyl (C=O) groups excluding carboxylic acids is 2. The van der Waals surface area contributed by atoms with Crippen LogP contribution in [-0.2, 0) is 4.79 Å². The molecule has 0 atom stereocenters. The van der Waals surface area contributed by atoms with Gasteiger partial charge in [-0.25, -0.2) is 9.18 Å². The summed E-state index contributed by atoms with van der Waals surface area (Å²) in [7, 11) is 0. The highest BCUT2D eigenvalue weighted by Crippen LogP contribution is 2.21. The standard InChI is InChI=1S/C16H20FN3O2/c1-3-15(21)18-12-4-5-13(17)14(10-12)19-16(22)20-8-6-11(2)7-9-20/h4-6,10H,3,7-9H2,1-2H3,(H,18,21)(H,19,22). The van der Waals surface area contributed by atoms with Crippen LogP contribution in [-0.4, -0.2) is 29.9 Å². The molecule has 22 heavy (non-hydrogen) atoms. The van der Waals surface area contributed by atoms with Crippen LogP contribution in [0.3, 0.4) is 0 Å². The maximum Gasteiger partial charge on any atom is 0.322 e. The molecule has 1 aliphatic heterocycles. The monoisotopic (exact) mass is 305 g/mol. The van der Waals surface area contributed by atoms with Gasteiger partial charge in [-0.3, -0.25) is 4.79 Å². The topological polar surface area (TPSA) is 61.4 Å². The molecule has 1 aromatic carbocycles. The summed E-state index contributed by atoms with van der Waals surface area (Å²) in [5.41, 5.74) is 1.77. The van der Waals surface area contributed by atoms with Crippen molar-refractivity contribution in [2.24, 2.45) is 0 Å². The molecule has 1 heterocycles. The van der Waals surface area contributed by atoms with Gasteiger partial charge in [-0.1, -0.05) is 18.6 Å². The van der Waals surface area contributed by atoms with Gasteiger partial charge >= 0.3 is 6.03 Å². The highest BCUT2D eigenvalue weighted by atomic mass is 19.1. The molecule has 0 saturated heterocycles. The van der Waals surface area contributed by atoms with E-state index in [1.807, 2.05) is 13.0 Å². The Morgan fingerprint density at radius 2 is 2.09 bits per heavy atom. The quantitative estimate of drug-likeness (QED) is 0.841. The van der Waals surface area contributed by atoms with Crippen LogP contribution in [0.4, 0.5) is 20.6 Å². The SMILES string of the molecule is CCC(=O)Nc1ccc(F)c(NC(=O)N2CC=C(C)CC2)c1. The van der Waals surface area contributed by atoms with Gasteiger partial charge in [-0.2, -0.15) is 0 Å². The number of rotatable bonds is 3. The molecule has 5 nitrogen and oxygen atoms in total. The summed E-state index contributed by atoms with van der Waals surface area (Å²) in [6.45, 7) is 4.88. The van der Waals surface area contributed by atoms with E-state index in [4.69, 9.17) is 0 Å². The first-order valence-corrected chi connectivity index (χ1v) is 7.30. The average molecular weight is 305 g/mol. The summed E-state index contributed by atoms with van der Waals surface area (Å²) in [6.07, 6.45) is 3.14. The number of benzene rings is 1. The highest BCUT2D eigenvalue weighted by Gasteiger charge is 2.17. The minimum atomic E-state index is -0.536. The molecule has 0 saturated carbocycles. The zero-order valence-electron chi connectivity index (χ0n) is 12.8. The van der Waals surface area contributed by atoms with Crippen molar-refractivity contribution >= 4 is 23.3 Å². The van der Waals surface area contributed by atoms with Gasteiger partial charge in [0.15, 0.2) is 0 Å². The van der Waals surface area contributed by atoms with Gasteiger partial charge in [0, 0.05) is 25.2 Å². The lowest BCUT2D eigenvalue weighted by Crippen LogP contribution is -2.38. The number of carbonyl (C=O) groups is 2. The van der Waals surface area contributed by atoms with Crippen molar-refractivity contribution in [1.29, 1.82) is 0 Å². The summed E-state index contributed by atoms with van der Waals surface area (Å²) in [5, 5.41) is 5.20. The fraction of sp³-hybridized carbons (Fsp3) is 0.375. The Hall–Kier alpha value is -2.37. The van der Waals surface area contributed by atoms with Gasteiger partial charge in [0.05, 0.1) is 5.69 Å². The minimum absolute atomic E-state index is 0.0604. The van der Waals surface area contributed by atoms with Crippen molar-refractivity contribution in [2.75, 3.05) is 23.7 Å². The first-order valence-electron chi connectivity index (χ1n) is 7.30. The summed E-state index contributed by atoms with van der Waals surface area (Å²) < 4.78 is 13.8. The Kier molecular flexibility index (Phi) is 5.14. The number of nitrogens with one attached hydrogen (secondary N) is 2. The van der Waals surface area contributed by atoms with Crippen LogP contribution < -0.4 is 10.6 Å². The lowest BCUT2D eigenvalue weighted by Gasteiger charge is -2.25. The number of anilines is 2. The van der Waals surface area contributed by atoms with E-state index in [-0.39, 0.29) is 17.6 Å². The van der Waals surface area contributed by atoms with Gasteiger partial charge in [-0.05, 0) is 31.5 Å². The molecule has 0 spiro atoms. The van der Waals surface area contributed by atoms with E-state index in [0.717, 1.165) is 6.42 Å².